The molecule has 3 heterocycles. The maximum Gasteiger partial charge on any atom is 0.282 e. The SMILES string of the molecule is O=C(c1nccs1)N1CC2CNCC(C2)C1. The monoisotopic (exact) mass is 237 g/mol. The van der Waals surface area contributed by atoms with Gasteiger partial charge in [-0.1, -0.05) is 0 Å². The fraction of sp³-hybridized carbons (Fsp3) is 0.636. The second-order valence-corrected chi connectivity index (χ2v) is 5.57. The highest BCUT2D eigenvalue weighted by Crippen LogP contribution is 2.25. The maximum atomic E-state index is 12.1. The summed E-state index contributed by atoms with van der Waals surface area (Å²) in [5.41, 5.74) is 0. The van der Waals surface area contributed by atoms with Crippen molar-refractivity contribution in [1.82, 2.24) is 15.2 Å². The zero-order valence-electron chi connectivity index (χ0n) is 9.06. The lowest BCUT2D eigenvalue weighted by molar-refractivity contribution is 0.0537. The average Bonchev–Trinajstić information content (AvgIpc) is 2.81. The molecule has 1 N–H and O–H groups in total. The van der Waals surface area contributed by atoms with Crippen molar-refractivity contribution in [3.8, 4) is 0 Å². The van der Waals surface area contributed by atoms with Crippen LogP contribution in [-0.2, 0) is 0 Å². The number of rotatable bonds is 1. The summed E-state index contributed by atoms with van der Waals surface area (Å²) in [6.45, 7) is 3.89. The van der Waals surface area contributed by atoms with Crippen LogP contribution in [0.5, 0.6) is 0 Å². The number of fused-ring (bicyclic) bond motifs is 2. The van der Waals surface area contributed by atoms with E-state index in [1.165, 1.54) is 17.8 Å². The van der Waals surface area contributed by atoms with E-state index in [0.29, 0.717) is 16.8 Å². The minimum atomic E-state index is 0.117. The van der Waals surface area contributed by atoms with E-state index < -0.39 is 0 Å². The average molecular weight is 237 g/mol. The van der Waals surface area contributed by atoms with Gasteiger partial charge >= 0.3 is 0 Å². The van der Waals surface area contributed by atoms with Gasteiger partial charge in [-0.05, 0) is 31.3 Å². The molecule has 0 saturated carbocycles. The van der Waals surface area contributed by atoms with E-state index in [1.54, 1.807) is 6.20 Å². The molecule has 16 heavy (non-hydrogen) atoms. The lowest BCUT2D eigenvalue weighted by Gasteiger charge is -2.41. The molecule has 0 aliphatic carbocycles. The Bertz CT molecular complexity index is 367. The van der Waals surface area contributed by atoms with Gasteiger partial charge in [0.2, 0.25) is 0 Å². The first-order chi connectivity index (χ1) is 7.83. The molecular formula is C11H15N3OS. The molecule has 2 fully saturated rings. The van der Waals surface area contributed by atoms with Crippen molar-refractivity contribution in [3.63, 3.8) is 0 Å². The molecule has 2 aliphatic heterocycles. The fourth-order valence-corrected chi connectivity index (χ4v) is 3.34. The molecule has 0 radical (unpaired) electrons. The third-order valence-corrected chi connectivity index (χ3v) is 4.15. The third kappa shape index (κ3) is 1.85. The topological polar surface area (TPSA) is 45.2 Å². The molecule has 1 aromatic heterocycles. The normalized spacial score (nSPS) is 29.1. The predicted octanol–water partition coefficient (Wildman–Crippen LogP) is 0.825. The number of thiazole rings is 1. The van der Waals surface area contributed by atoms with E-state index in [-0.39, 0.29) is 5.91 Å². The molecule has 5 heteroatoms. The molecule has 86 valence electrons. The highest BCUT2D eigenvalue weighted by Gasteiger charge is 2.33. The molecular weight excluding hydrogens is 222 g/mol. The van der Waals surface area contributed by atoms with Gasteiger partial charge in [0.05, 0.1) is 0 Å². The Morgan fingerprint density at radius 1 is 1.44 bits per heavy atom. The number of hydrogen-bond acceptors (Lipinski definition) is 4. The molecule has 2 unspecified atom stereocenters. The van der Waals surface area contributed by atoms with Crippen molar-refractivity contribution in [1.29, 1.82) is 0 Å². The van der Waals surface area contributed by atoms with Gasteiger partial charge in [-0.25, -0.2) is 4.98 Å². The standard InChI is InChI=1S/C11H15N3OS/c15-11(10-13-1-2-16-10)14-6-8-3-9(7-14)5-12-4-8/h1-2,8-9,12H,3-7H2. The van der Waals surface area contributed by atoms with E-state index in [2.05, 4.69) is 10.3 Å². The first kappa shape index (κ1) is 10.2. The number of piperidine rings is 2. The van der Waals surface area contributed by atoms with Gasteiger partial charge in [0.25, 0.3) is 5.91 Å². The lowest BCUT2D eigenvalue weighted by atomic mass is 9.86. The van der Waals surface area contributed by atoms with E-state index >= 15 is 0 Å². The van der Waals surface area contributed by atoms with Crippen LogP contribution >= 0.6 is 11.3 Å². The van der Waals surface area contributed by atoms with Crippen LogP contribution in [0.3, 0.4) is 0 Å². The van der Waals surface area contributed by atoms with Crippen LogP contribution in [0.2, 0.25) is 0 Å². The van der Waals surface area contributed by atoms with Crippen LogP contribution in [0.25, 0.3) is 0 Å². The Hall–Kier alpha value is -0.940. The Labute approximate surface area is 98.7 Å². The number of nitrogens with one attached hydrogen (secondary N) is 1. The molecule has 0 spiro atoms. The zero-order valence-corrected chi connectivity index (χ0v) is 9.87. The van der Waals surface area contributed by atoms with Gasteiger partial charge in [0.1, 0.15) is 0 Å². The third-order valence-electron chi connectivity index (χ3n) is 3.39. The van der Waals surface area contributed by atoms with Gasteiger partial charge < -0.3 is 10.2 Å². The first-order valence-corrected chi connectivity index (χ1v) is 6.60. The van der Waals surface area contributed by atoms with Crippen molar-refractivity contribution in [2.45, 2.75) is 6.42 Å². The van der Waals surface area contributed by atoms with Gasteiger partial charge in [0, 0.05) is 24.7 Å². The molecule has 2 atom stereocenters. The van der Waals surface area contributed by atoms with Crippen LogP contribution in [0, 0.1) is 11.8 Å². The quantitative estimate of drug-likeness (QED) is 0.786. The zero-order chi connectivity index (χ0) is 11.0. The lowest BCUT2D eigenvalue weighted by Crippen LogP contribution is -2.52. The summed E-state index contributed by atoms with van der Waals surface area (Å²) < 4.78 is 0. The summed E-state index contributed by atoms with van der Waals surface area (Å²) in [5, 5.41) is 5.92. The van der Waals surface area contributed by atoms with Crippen LogP contribution in [-0.4, -0.2) is 42.0 Å². The Morgan fingerprint density at radius 2 is 2.19 bits per heavy atom. The van der Waals surface area contributed by atoms with Crippen LogP contribution < -0.4 is 5.32 Å². The summed E-state index contributed by atoms with van der Waals surface area (Å²) in [7, 11) is 0. The van der Waals surface area contributed by atoms with Crippen LogP contribution in [0.1, 0.15) is 16.2 Å². The Morgan fingerprint density at radius 3 is 2.81 bits per heavy atom. The fourth-order valence-electron chi connectivity index (χ4n) is 2.74. The number of carbonyl (C=O) groups excluding carboxylic acids is 1. The molecule has 2 aliphatic rings. The summed E-state index contributed by atoms with van der Waals surface area (Å²) in [5.74, 6) is 1.39. The van der Waals surface area contributed by atoms with Gasteiger partial charge in [-0.15, -0.1) is 11.3 Å². The van der Waals surface area contributed by atoms with E-state index in [4.69, 9.17) is 0 Å². The number of likely N-dealkylation sites (tertiary alicyclic amines) is 1. The number of aromatic nitrogens is 1. The number of hydrogen-bond donors (Lipinski definition) is 1. The molecule has 1 amide bonds. The number of amides is 1. The maximum absolute atomic E-state index is 12.1. The highest BCUT2D eigenvalue weighted by molar-refractivity contribution is 7.11. The molecule has 2 bridgehead atoms. The summed E-state index contributed by atoms with van der Waals surface area (Å²) in [4.78, 5) is 18.2. The molecule has 0 aromatic carbocycles. The minimum Gasteiger partial charge on any atom is -0.336 e. The van der Waals surface area contributed by atoms with Gasteiger partial charge in [-0.3, -0.25) is 4.79 Å². The summed E-state index contributed by atoms with van der Waals surface area (Å²) >= 11 is 1.43. The predicted molar refractivity (Wildman–Crippen MR) is 62.5 cm³/mol. The number of carbonyl (C=O) groups is 1. The van der Waals surface area contributed by atoms with Crippen molar-refractivity contribution in [3.05, 3.63) is 16.6 Å². The van der Waals surface area contributed by atoms with Crippen molar-refractivity contribution in [2.75, 3.05) is 26.2 Å². The smallest absolute Gasteiger partial charge is 0.282 e. The van der Waals surface area contributed by atoms with Crippen molar-refractivity contribution < 1.29 is 4.79 Å². The summed E-state index contributed by atoms with van der Waals surface area (Å²) in [6.07, 6.45) is 2.97. The van der Waals surface area contributed by atoms with Crippen molar-refractivity contribution in [2.24, 2.45) is 11.8 Å². The Balaban J connectivity index is 1.73. The molecule has 4 nitrogen and oxygen atoms in total. The Kier molecular flexibility index (Phi) is 2.65. The molecule has 2 saturated heterocycles. The van der Waals surface area contributed by atoms with E-state index in [9.17, 15) is 4.79 Å². The van der Waals surface area contributed by atoms with Gasteiger partial charge in [0.15, 0.2) is 5.01 Å². The van der Waals surface area contributed by atoms with Crippen LogP contribution in [0.15, 0.2) is 11.6 Å². The molecule has 1 aromatic rings. The largest absolute Gasteiger partial charge is 0.336 e. The molecule has 3 rings (SSSR count). The van der Waals surface area contributed by atoms with Gasteiger partial charge in [-0.2, -0.15) is 0 Å². The van der Waals surface area contributed by atoms with Crippen molar-refractivity contribution >= 4 is 17.2 Å². The van der Waals surface area contributed by atoms with Crippen LogP contribution in [0.4, 0.5) is 0 Å². The number of nitrogens with zero attached hydrogens (tertiary/aromatic N) is 2. The second-order valence-electron chi connectivity index (χ2n) is 4.67. The first-order valence-electron chi connectivity index (χ1n) is 5.72. The minimum absolute atomic E-state index is 0.117. The second kappa shape index (κ2) is 4.14. The highest BCUT2D eigenvalue weighted by atomic mass is 32.1. The summed E-state index contributed by atoms with van der Waals surface area (Å²) in [6, 6.07) is 0. The van der Waals surface area contributed by atoms with E-state index in [0.717, 1.165) is 26.2 Å². The van der Waals surface area contributed by atoms with E-state index in [1.807, 2.05) is 10.3 Å².